The molecule has 0 spiro atoms. The molecule has 1 saturated carbocycles. The van der Waals surface area contributed by atoms with Gasteiger partial charge in [-0.05, 0) is 55.0 Å². The van der Waals surface area contributed by atoms with E-state index in [9.17, 15) is 18.0 Å². The van der Waals surface area contributed by atoms with Crippen LogP contribution in [0.25, 0.3) is 0 Å². The Morgan fingerprint density at radius 3 is 2.53 bits per heavy atom. The maximum absolute atomic E-state index is 13.0. The van der Waals surface area contributed by atoms with Crippen LogP contribution in [0, 0.1) is 5.92 Å². The average molecular weight is 470 g/mol. The third kappa shape index (κ3) is 4.38. The summed E-state index contributed by atoms with van der Waals surface area (Å²) in [7, 11) is 0. The van der Waals surface area contributed by atoms with E-state index in [0.29, 0.717) is 29.9 Å². The molecule has 9 heteroatoms. The summed E-state index contributed by atoms with van der Waals surface area (Å²) in [6.45, 7) is 2.63. The Kier molecular flexibility index (Phi) is 5.79. The first-order chi connectivity index (χ1) is 16.3. The first kappa shape index (κ1) is 22.4. The van der Waals surface area contributed by atoms with Crippen LogP contribution >= 0.6 is 0 Å². The molecule has 1 aromatic heterocycles. The summed E-state index contributed by atoms with van der Waals surface area (Å²) >= 11 is 0. The fourth-order valence-corrected chi connectivity index (χ4v) is 5.10. The quantitative estimate of drug-likeness (QED) is 0.505. The van der Waals surface area contributed by atoms with Gasteiger partial charge in [0.05, 0.1) is 11.5 Å². The first-order valence-corrected chi connectivity index (χ1v) is 11.4. The molecule has 6 nitrogen and oxygen atoms in total. The number of halogens is 3. The van der Waals surface area contributed by atoms with E-state index >= 15 is 0 Å². The zero-order valence-electron chi connectivity index (χ0n) is 18.6. The molecule has 0 radical (unpaired) electrons. The Labute approximate surface area is 195 Å². The van der Waals surface area contributed by atoms with Crippen molar-refractivity contribution in [3.63, 3.8) is 0 Å². The molecule has 2 aliphatic heterocycles. The predicted octanol–water partition coefficient (Wildman–Crippen LogP) is 6.04. The van der Waals surface area contributed by atoms with E-state index in [1.54, 1.807) is 4.90 Å². The zero-order chi connectivity index (χ0) is 23.9. The monoisotopic (exact) mass is 470 g/mol. The number of hydrogen-bond acceptors (Lipinski definition) is 4. The summed E-state index contributed by atoms with van der Waals surface area (Å²) < 4.78 is 44.1. The van der Waals surface area contributed by atoms with E-state index in [-0.39, 0.29) is 23.9 Å². The topological polar surface area (TPSA) is 71.3 Å². The summed E-state index contributed by atoms with van der Waals surface area (Å²) in [5.74, 6) is 1.40. The SMILES string of the molecule is CC(c1ccccc1)c1noc(C2CC3CCC2N(C(=O)Nc2ccc(C(F)(F)F)cc2)C3)n1. The van der Waals surface area contributed by atoms with Gasteiger partial charge in [0.15, 0.2) is 5.82 Å². The highest BCUT2D eigenvalue weighted by Crippen LogP contribution is 2.44. The third-order valence-electron chi connectivity index (χ3n) is 6.96. The molecule has 2 amide bonds. The standard InChI is InChI=1S/C25H25F3N4O2/c1-15(17-5-3-2-4-6-17)22-30-23(34-31-22)20-13-16-7-12-21(20)32(14-16)24(33)29-19-10-8-18(9-11-19)25(26,27)28/h2-6,8-11,15-16,20-21H,7,12-14H2,1H3,(H,29,33). The van der Waals surface area contributed by atoms with Crippen molar-refractivity contribution in [2.45, 2.75) is 50.2 Å². The summed E-state index contributed by atoms with van der Waals surface area (Å²) in [5.41, 5.74) is 0.671. The molecule has 3 aromatic rings. The number of nitrogens with zero attached hydrogens (tertiary/aromatic N) is 3. The van der Waals surface area contributed by atoms with Crippen molar-refractivity contribution in [2.75, 3.05) is 11.9 Å². The fourth-order valence-electron chi connectivity index (χ4n) is 5.10. The number of alkyl halides is 3. The molecule has 1 aliphatic carbocycles. The van der Waals surface area contributed by atoms with Gasteiger partial charge in [0, 0.05) is 24.2 Å². The third-order valence-corrected chi connectivity index (χ3v) is 6.96. The number of nitrogens with one attached hydrogen (secondary N) is 1. The van der Waals surface area contributed by atoms with E-state index in [4.69, 9.17) is 9.51 Å². The van der Waals surface area contributed by atoms with Crippen LogP contribution in [-0.4, -0.2) is 33.7 Å². The van der Waals surface area contributed by atoms with Crippen LogP contribution in [0.15, 0.2) is 59.1 Å². The molecule has 4 atom stereocenters. The molecule has 2 aromatic carbocycles. The largest absolute Gasteiger partial charge is 0.416 e. The molecule has 178 valence electrons. The predicted molar refractivity (Wildman–Crippen MR) is 119 cm³/mol. The van der Waals surface area contributed by atoms with Gasteiger partial charge in [0.2, 0.25) is 5.89 Å². The number of hydrogen-bond donors (Lipinski definition) is 1. The van der Waals surface area contributed by atoms with E-state index in [2.05, 4.69) is 10.5 Å². The fraction of sp³-hybridized carbons (Fsp3) is 0.400. The molecule has 3 fully saturated rings. The molecule has 34 heavy (non-hydrogen) atoms. The number of anilines is 1. The number of piperidine rings is 2. The number of benzene rings is 2. The molecule has 6 rings (SSSR count). The number of rotatable bonds is 4. The molecule has 2 saturated heterocycles. The lowest BCUT2D eigenvalue weighted by Gasteiger charge is -2.48. The number of carbonyl (C=O) groups is 1. The maximum Gasteiger partial charge on any atom is 0.416 e. The lowest BCUT2D eigenvalue weighted by Crippen LogP contribution is -2.55. The second-order valence-corrected chi connectivity index (χ2v) is 9.13. The van der Waals surface area contributed by atoms with Crippen LogP contribution in [0.1, 0.15) is 60.9 Å². The average Bonchev–Trinajstić information content (AvgIpc) is 3.34. The van der Waals surface area contributed by atoms with Gasteiger partial charge in [-0.15, -0.1) is 0 Å². The van der Waals surface area contributed by atoms with Gasteiger partial charge in [0.25, 0.3) is 0 Å². The van der Waals surface area contributed by atoms with Gasteiger partial charge in [0.1, 0.15) is 0 Å². The summed E-state index contributed by atoms with van der Waals surface area (Å²) in [6.07, 6.45) is -1.70. The van der Waals surface area contributed by atoms with Crippen LogP contribution in [-0.2, 0) is 6.18 Å². The minimum absolute atomic E-state index is 0.0152. The lowest BCUT2D eigenvalue weighted by molar-refractivity contribution is -0.137. The highest BCUT2D eigenvalue weighted by molar-refractivity contribution is 5.89. The number of amides is 2. The molecular weight excluding hydrogens is 445 g/mol. The van der Waals surface area contributed by atoms with Crippen LogP contribution in [0.4, 0.5) is 23.7 Å². The molecule has 3 aliphatic rings. The number of fused-ring (bicyclic) bond motifs is 3. The summed E-state index contributed by atoms with van der Waals surface area (Å²) in [6, 6.07) is 14.0. The Bertz CT molecular complexity index is 1150. The molecular formula is C25H25F3N4O2. The van der Waals surface area contributed by atoms with Crippen molar-refractivity contribution in [3.05, 3.63) is 77.4 Å². The minimum Gasteiger partial charge on any atom is -0.339 e. The van der Waals surface area contributed by atoms with Crippen LogP contribution in [0.2, 0.25) is 0 Å². The van der Waals surface area contributed by atoms with Crippen LogP contribution < -0.4 is 5.32 Å². The van der Waals surface area contributed by atoms with E-state index in [0.717, 1.165) is 37.0 Å². The first-order valence-electron chi connectivity index (χ1n) is 11.4. The Morgan fingerprint density at radius 1 is 1.12 bits per heavy atom. The molecule has 4 unspecified atom stereocenters. The Morgan fingerprint density at radius 2 is 1.85 bits per heavy atom. The summed E-state index contributed by atoms with van der Waals surface area (Å²) in [5, 5.41) is 6.96. The van der Waals surface area contributed by atoms with Gasteiger partial charge < -0.3 is 14.7 Å². The number of urea groups is 1. The van der Waals surface area contributed by atoms with Gasteiger partial charge >= 0.3 is 12.2 Å². The van der Waals surface area contributed by atoms with Gasteiger partial charge in [-0.2, -0.15) is 18.2 Å². The highest BCUT2D eigenvalue weighted by Gasteiger charge is 2.46. The lowest BCUT2D eigenvalue weighted by atomic mass is 9.72. The zero-order valence-corrected chi connectivity index (χ0v) is 18.6. The number of carbonyl (C=O) groups excluding carboxylic acids is 1. The minimum atomic E-state index is -4.41. The van der Waals surface area contributed by atoms with Crippen molar-refractivity contribution in [1.82, 2.24) is 15.0 Å². The van der Waals surface area contributed by atoms with Crippen molar-refractivity contribution in [3.8, 4) is 0 Å². The molecule has 1 N–H and O–H groups in total. The van der Waals surface area contributed by atoms with Crippen LogP contribution in [0.3, 0.4) is 0 Å². The molecule has 3 heterocycles. The van der Waals surface area contributed by atoms with Crippen molar-refractivity contribution < 1.29 is 22.5 Å². The van der Waals surface area contributed by atoms with Crippen LogP contribution in [0.5, 0.6) is 0 Å². The second-order valence-electron chi connectivity index (χ2n) is 9.13. The van der Waals surface area contributed by atoms with E-state index in [1.807, 2.05) is 37.3 Å². The van der Waals surface area contributed by atoms with Gasteiger partial charge in [-0.1, -0.05) is 42.4 Å². The van der Waals surface area contributed by atoms with Crippen molar-refractivity contribution in [2.24, 2.45) is 5.92 Å². The number of aromatic nitrogens is 2. The van der Waals surface area contributed by atoms with E-state index < -0.39 is 11.7 Å². The Hall–Kier alpha value is -3.36. The highest BCUT2D eigenvalue weighted by atomic mass is 19.4. The van der Waals surface area contributed by atoms with Crippen molar-refractivity contribution in [1.29, 1.82) is 0 Å². The Balaban J connectivity index is 1.30. The summed E-state index contributed by atoms with van der Waals surface area (Å²) in [4.78, 5) is 19.5. The normalized spacial score (nSPS) is 23.1. The van der Waals surface area contributed by atoms with Gasteiger partial charge in [-0.25, -0.2) is 4.79 Å². The van der Waals surface area contributed by atoms with Gasteiger partial charge in [-0.3, -0.25) is 0 Å². The van der Waals surface area contributed by atoms with Crippen molar-refractivity contribution >= 4 is 11.7 Å². The molecule has 2 bridgehead atoms. The second kappa shape index (κ2) is 8.77. The smallest absolute Gasteiger partial charge is 0.339 e. The van der Waals surface area contributed by atoms with E-state index in [1.165, 1.54) is 12.1 Å². The maximum atomic E-state index is 13.0.